The van der Waals surface area contributed by atoms with Gasteiger partial charge in [-0.15, -0.1) is 0 Å². The molecule has 5 heteroatoms. The third-order valence-electron chi connectivity index (χ3n) is 4.19. The van der Waals surface area contributed by atoms with Gasteiger partial charge in [0.15, 0.2) is 0 Å². The monoisotopic (exact) mass is 295 g/mol. The molecule has 0 aliphatic carbocycles. The van der Waals surface area contributed by atoms with Crippen LogP contribution in [0.1, 0.15) is 36.2 Å². The van der Waals surface area contributed by atoms with E-state index in [1.165, 1.54) is 6.07 Å². The van der Waals surface area contributed by atoms with E-state index in [2.05, 4.69) is 18.7 Å². The van der Waals surface area contributed by atoms with Crippen molar-refractivity contribution in [2.24, 2.45) is 5.41 Å². The topological polar surface area (TPSA) is 49.8 Å². The van der Waals surface area contributed by atoms with Gasteiger partial charge in [0.1, 0.15) is 5.82 Å². The summed E-state index contributed by atoms with van der Waals surface area (Å²) in [6, 6.07) is 3.97. The molecule has 1 aliphatic heterocycles. The summed E-state index contributed by atoms with van der Waals surface area (Å²) in [5.74, 6) is -1.61. The number of methoxy groups -OCH3 is 1. The second-order valence-electron chi connectivity index (χ2n) is 6.32. The van der Waals surface area contributed by atoms with Gasteiger partial charge in [-0.25, -0.2) is 9.18 Å². The summed E-state index contributed by atoms with van der Waals surface area (Å²) >= 11 is 0. The number of carbonyl (C=O) groups is 1. The van der Waals surface area contributed by atoms with Crippen molar-refractivity contribution < 1.29 is 19.0 Å². The van der Waals surface area contributed by atoms with Crippen LogP contribution < -0.4 is 0 Å². The van der Waals surface area contributed by atoms with E-state index < -0.39 is 11.8 Å². The van der Waals surface area contributed by atoms with E-state index in [0.717, 1.165) is 25.6 Å². The minimum absolute atomic E-state index is 0.0103. The highest BCUT2D eigenvalue weighted by molar-refractivity contribution is 5.89. The molecule has 0 saturated carbocycles. The third kappa shape index (κ3) is 3.60. The van der Waals surface area contributed by atoms with Gasteiger partial charge in [-0.05, 0) is 24.1 Å². The van der Waals surface area contributed by atoms with Crippen molar-refractivity contribution in [1.82, 2.24) is 4.90 Å². The van der Waals surface area contributed by atoms with Crippen molar-refractivity contribution in [3.05, 3.63) is 35.1 Å². The number of carboxylic acids is 1. The molecular weight excluding hydrogens is 273 g/mol. The number of benzene rings is 1. The number of piperidine rings is 1. The first kappa shape index (κ1) is 15.9. The van der Waals surface area contributed by atoms with Crippen molar-refractivity contribution >= 4 is 5.97 Å². The van der Waals surface area contributed by atoms with Crippen molar-refractivity contribution in [3.63, 3.8) is 0 Å². The minimum atomic E-state index is -1.09. The van der Waals surface area contributed by atoms with E-state index in [1.54, 1.807) is 13.2 Å². The van der Waals surface area contributed by atoms with Crippen LogP contribution in [0, 0.1) is 11.2 Å². The van der Waals surface area contributed by atoms with Gasteiger partial charge in [-0.1, -0.05) is 19.9 Å². The molecule has 116 valence electrons. The second-order valence-corrected chi connectivity index (χ2v) is 6.32. The third-order valence-corrected chi connectivity index (χ3v) is 4.19. The average Bonchev–Trinajstić information content (AvgIpc) is 2.39. The molecule has 0 amide bonds. The fourth-order valence-corrected chi connectivity index (χ4v) is 3.15. The molecule has 0 aromatic heterocycles. The number of ether oxygens (including phenoxy) is 1. The van der Waals surface area contributed by atoms with Crippen LogP contribution in [0.25, 0.3) is 0 Å². The lowest BCUT2D eigenvalue weighted by molar-refractivity contribution is -0.0533. The number of rotatable bonds is 4. The Morgan fingerprint density at radius 1 is 1.52 bits per heavy atom. The zero-order chi connectivity index (χ0) is 15.6. The van der Waals surface area contributed by atoms with Crippen LogP contribution in [-0.2, 0) is 11.3 Å². The van der Waals surface area contributed by atoms with E-state index in [-0.39, 0.29) is 17.1 Å². The van der Waals surface area contributed by atoms with Crippen molar-refractivity contribution in [2.45, 2.75) is 32.9 Å². The first-order valence-electron chi connectivity index (χ1n) is 7.10. The summed E-state index contributed by atoms with van der Waals surface area (Å²) in [7, 11) is 1.73. The number of likely N-dealkylation sites (tertiary alicyclic amines) is 1. The van der Waals surface area contributed by atoms with Crippen LogP contribution in [0.5, 0.6) is 0 Å². The van der Waals surface area contributed by atoms with E-state index in [1.807, 2.05) is 0 Å². The van der Waals surface area contributed by atoms with Gasteiger partial charge >= 0.3 is 5.97 Å². The fourth-order valence-electron chi connectivity index (χ4n) is 3.15. The van der Waals surface area contributed by atoms with E-state index in [9.17, 15) is 14.3 Å². The number of aromatic carboxylic acids is 1. The van der Waals surface area contributed by atoms with Crippen molar-refractivity contribution in [1.29, 1.82) is 0 Å². The molecule has 1 heterocycles. The Kier molecular flexibility index (Phi) is 4.64. The highest BCUT2D eigenvalue weighted by Gasteiger charge is 2.36. The number of halogens is 1. The zero-order valence-corrected chi connectivity index (χ0v) is 12.7. The van der Waals surface area contributed by atoms with Crippen molar-refractivity contribution in [3.8, 4) is 0 Å². The Bertz CT molecular complexity index is 530. The number of hydrogen-bond acceptors (Lipinski definition) is 3. The molecule has 0 bridgehead atoms. The standard InChI is InChI=1S/C16H22FNO3/c1-16(2)10-18(7-6-14(16)21-3)9-11-4-5-12(17)8-13(11)15(19)20/h4-5,8,14H,6-7,9-10H2,1-3H3,(H,19,20). The maximum absolute atomic E-state index is 13.2. The molecule has 1 fully saturated rings. The molecule has 2 rings (SSSR count). The lowest BCUT2D eigenvalue weighted by Crippen LogP contribution is -2.49. The molecule has 1 unspecified atom stereocenters. The molecular formula is C16H22FNO3. The van der Waals surface area contributed by atoms with Gasteiger partial charge in [0, 0.05) is 32.2 Å². The summed E-state index contributed by atoms with van der Waals surface area (Å²) in [6.45, 7) is 6.48. The molecule has 1 aromatic rings. The first-order chi connectivity index (χ1) is 9.83. The molecule has 1 N–H and O–H groups in total. The highest BCUT2D eigenvalue weighted by atomic mass is 19.1. The molecule has 1 aliphatic rings. The number of hydrogen-bond donors (Lipinski definition) is 1. The van der Waals surface area contributed by atoms with Crippen LogP contribution in [0.4, 0.5) is 4.39 Å². The summed E-state index contributed by atoms with van der Waals surface area (Å²) in [6.07, 6.45) is 1.12. The Balaban J connectivity index is 2.14. The Morgan fingerprint density at radius 3 is 2.81 bits per heavy atom. The average molecular weight is 295 g/mol. The zero-order valence-electron chi connectivity index (χ0n) is 12.7. The SMILES string of the molecule is COC1CCN(Cc2ccc(F)cc2C(=O)O)CC1(C)C. The van der Waals surface area contributed by atoms with Crippen LogP contribution in [0.2, 0.25) is 0 Å². The molecule has 0 spiro atoms. The molecule has 4 nitrogen and oxygen atoms in total. The first-order valence-corrected chi connectivity index (χ1v) is 7.10. The van der Waals surface area contributed by atoms with Crippen LogP contribution in [0.3, 0.4) is 0 Å². The summed E-state index contributed by atoms with van der Waals surface area (Å²) in [4.78, 5) is 13.4. The van der Waals surface area contributed by atoms with E-state index in [0.29, 0.717) is 12.1 Å². The Morgan fingerprint density at radius 2 is 2.24 bits per heavy atom. The minimum Gasteiger partial charge on any atom is -0.478 e. The van der Waals surface area contributed by atoms with E-state index >= 15 is 0 Å². The quantitative estimate of drug-likeness (QED) is 0.928. The van der Waals surface area contributed by atoms with Gasteiger partial charge in [-0.3, -0.25) is 4.90 Å². The van der Waals surface area contributed by atoms with Gasteiger partial charge in [0.05, 0.1) is 11.7 Å². The molecule has 1 aromatic carbocycles. The molecule has 1 saturated heterocycles. The lowest BCUT2D eigenvalue weighted by atomic mass is 9.81. The predicted octanol–water partition coefficient (Wildman–Crippen LogP) is 2.77. The fraction of sp³-hybridized carbons (Fsp3) is 0.562. The summed E-state index contributed by atoms with van der Waals surface area (Å²) in [5, 5.41) is 9.20. The highest BCUT2D eigenvalue weighted by Crippen LogP contribution is 2.32. The molecule has 21 heavy (non-hydrogen) atoms. The summed E-state index contributed by atoms with van der Waals surface area (Å²) in [5.41, 5.74) is 0.702. The lowest BCUT2D eigenvalue weighted by Gasteiger charge is -2.43. The predicted molar refractivity (Wildman–Crippen MR) is 77.8 cm³/mol. The molecule has 0 radical (unpaired) electrons. The molecule has 1 atom stereocenters. The van der Waals surface area contributed by atoms with Crippen LogP contribution in [-0.4, -0.2) is 42.3 Å². The van der Waals surface area contributed by atoms with Gasteiger partial charge in [0.25, 0.3) is 0 Å². The Labute approximate surface area is 124 Å². The maximum atomic E-state index is 13.2. The van der Waals surface area contributed by atoms with Gasteiger partial charge in [0.2, 0.25) is 0 Å². The second kappa shape index (κ2) is 6.12. The van der Waals surface area contributed by atoms with Gasteiger partial charge < -0.3 is 9.84 Å². The Hall–Kier alpha value is -1.46. The van der Waals surface area contributed by atoms with Crippen LogP contribution >= 0.6 is 0 Å². The van der Waals surface area contributed by atoms with Crippen LogP contribution in [0.15, 0.2) is 18.2 Å². The van der Waals surface area contributed by atoms with Gasteiger partial charge in [-0.2, -0.15) is 0 Å². The maximum Gasteiger partial charge on any atom is 0.336 e. The summed E-state index contributed by atoms with van der Waals surface area (Å²) < 4.78 is 18.7. The smallest absolute Gasteiger partial charge is 0.336 e. The number of nitrogens with zero attached hydrogens (tertiary/aromatic N) is 1. The van der Waals surface area contributed by atoms with E-state index in [4.69, 9.17) is 4.74 Å². The van der Waals surface area contributed by atoms with Crippen molar-refractivity contribution in [2.75, 3.05) is 20.2 Å². The normalized spacial score (nSPS) is 22.2. The number of carboxylic acid groups (broad SMARTS) is 1. The largest absolute Gasteiger partial charge is 0.478 e.